The number of halogens is 6. The van der Waals surface area contributed by atoms with E-state index in [9.17, 15) is 36.0 Å². The molecule has 0 aliphatic heterocycles. The van der Waals surface area contributed by atoms with E-state index < -0.39 is 45.8 Å². The number of alkyl halides is 6. The van der Waals surface area contributed by atoms with Crippen LogP contribution in [0.25, 0.3) is 0 Å². The Balaban J connectivity index is 2.18. The third kappa shape index (κ3) is 4.95. The molecule has 3 aromatic rings. The van der Waals surface area contributed by atoms with Gasteiger partial charge in [-0.1, -0.05) is 54.0 Å². The van der Waals surface area contributed by atoms with Gasteiger partial charge in [0.05, 0.1) is 11.1 Å². The summed E-state index contributed by atoms with van der Waals surface area (Å²) in [5.41, 5.74) is -5.52. The quantitative estimate of drug-likeness (QED) is 0.365. The minimum absolute atomic E-state index is 0.0195. The van der Waals surface area contributed by atoms with Crippen molar-refractivity contribution in [2.24, 2.45) is 0 Å². The molecule has 0 saturated carbocycles. The van der Waals surface area contributed by atoms with E-state index in [-0.39, 0.29) is 16.5 Å². The first-order valence-corrected chi connectivity index (χ1v) is 10.5. The third-order valence-corrected chi connectivity index (χ3v) is 6.48. The van der Waals surface area contributed by atoms with Crippen LogP contribution >= 0.6 is 0 Å². The molecule has 0 saturated heterocycles. The van der Waals surface area contributed by atoms with Gasteiger partial charge in [0, 0.05) is 5.56 Å². The first kappa shape index (κ1) is 24.2. The predicted molar refractivity (Wildman–Crippen MR) is 107 cm³/mol. The zero-order valence-electron chi connectivity index (χ0n) is 16.9. The Bertz CT molecular complexity index is 1070. The average molecular weight is 472 g/mol. The summed E-state index contributed by atoms with van der Waals surface area (Å²) in [6, 6.07) is 13.3. The van der Waals surface area contributed by atoms with Gasteiger partial charge in [-0.2, -0.15) is 30.9 Å². The van der Waals surface area contributed by atoms with Crippen LogP contribution in [0.3, 0.4) is 0 Å². The van der Waals surface area contributed by atoms with Gasteiger partial charge in [-0.05, 0) is 43.3 Å². The van der Waals surface area contributed by atoms with E-state index in [0.717, 1.165) is 12.5 Å². The second-order valence-electron chi connectivity index (χ2n) is 7.42. The maximum absolute atomic E-state index is 13.6. The smallest absolute Gasteiger partial charge is 0.416 e. The van der Waals surface area contributed by atoms with Crippen LogP contribution in [-0.4, -0.2) is 4.55 Å². The van der Waals surface area contributed by atoms with Crippen molar-refractivity contribution in [2.75, 3.05) is 0 Å². The molecule has 0 aliphatic carbocycles. The van der Waals surface area contributed by atoms with Gasteiger partial charge in [0.1, 0.15) is 0 Å². The maximum Gasteiger partial charge on any atom is 0.416 e. The Labute approximate surface area is 183 Å². The largest absolute Gasteiger partial charge is 0.843 e. The Hall–Kier alpha value is -2.49. The first-order valence-electron chi connectivity index (χ1n) is 9.31. The minimum atomic E-state index is -5.07. The van der Waals surface area contributed by atoms with Crippen LogP contribution in [0.4, 0.5) is 26.3 Å². The van der Waals surface area contributed by atoms with E-state index in [1.165, 1.54) is 24.3 Å². The fraction of sp³-hybridized carbons (Fsp3) is 0.217. The van der Waals surface area contributed by atoms with Crippen molar-refractivity contribution >= 4 is 11.2 Å². The predicted octanol–water partition coefficient (Wildman–Crippen LogP) is 6.17. The number of benzene rings is 3. The van der Waals surface area contributed by atoms with E-state index in [4.69, 9.17) is 0 Å². The number of hydrogen-bond donors (Lipinski definition) is 1. The molecular weight excluding hydrogens is 454 g/mol. The normalized spacial score (nSPS) is 15.3. The summed E-state index contributed by atoms with van der Waals surface area (Å²) in [5, 5.41) is 13.6. The van der Waals surface area contributed by atoms with Crippen LogP contribution in [-0.2, 0) is 29.1 Å². The lowest BCUT2D eigenvalue weighted by Crippen LogP contribution is -2.40. The molecule has 0 heterocycles. The Morgan fingerprint density at radius 1 is 0.750 bits per heavy atom. The maximum atomic E-state index is 13.6. The monoisotopic (exact) mass is 472 g/mol. The lowest BCUT2D eigenvalue weighted by atomic mass is 9.86. The van der Waals surface area contributed by atoms with Crippen LogP contribution in [0.1, 0.15) is 34.7 Å². The molecule has 2 nitrogen and oxygen atoms in total. The molecule has 32 heavy (non-hydrogen) atoms. The van der Waals surface area contributed by atoms with Gasteiger partial charge >= 0.3 is 12.4 Å². The first-order chi connectivity index (χ1) is 14.7. The summed E-state index contributed by atoms with van der Waals surface area (Å²) in [5.74, 6) is 0. The lowest BCUT2D eigenvalue weighted by molar-refractivity contribution is -0.465. The van der Waals surface area contributed by atoms with Crippen LogP contribution < -0.4 is 5.11 Å². The fourth-order valence-corrected chi connectivity index (χ4v) is 4.54. The Morgan fingerprint density at radius 2 is 1.22 bits per heavy atom. The molecular formula is C23H18F6O2S. The van der Waals surface area contributed by atoms with Crippen LogP contribution in [0.5, 0.6) is 0 Å². The molecule has 0 fully saturated rings. The molecule has 0 spiro atoms. The van der Waals surface area contributed by atoms with Gasteiger partial charge in [-0.15, -0.1) is 0 Å². The van der Waals surface area contributed by atoms with E-state index in [1.807, 2.05) is 6.92 Å². The number of aryl methyl sites for hydroxylation is 1. The van der Waals surface area contributed by atoms with Gasteiger partial charge in [-0.3, -0.25) is 0 Å². The second-order valence-corrected chi connectivity index (χ2v) is 8.90. The van der Waals surface area contributed by atoms with Crippen LogP contribution in [0, 0.1) is 6.92 Å². The summed E-state index contributed by atoms with van der Waals surface area (Å²) < 4.78 is 90.6. The second kappa shape index (κ2) is 8.46. The lowest BCUT2D eigenvalue weighted by Gasteiger charge is -2.38. The highest BCUT2D eigenvalue weighted by Gasteiger charge is 2.39. The zero-order chi connectivity index (χ0) is 23.9. The fourth-order valence-electron chi connectivity index (χ4n) is 3.21. The van der Waals surface area contributed by atoms with Crippen molar-refractivity contribution in [3.63, 3.8) is 0 Å². The van der Waals surface area contributed by atoms with E-state index in [1.54, 1.807) is 24.3 Å². The van der Waals surface area contributed by atoms with E-state index in [0.29, 0.717) is 17.0 Å². The highest BCUT2D eigenvalue weighted by atomic mass is 32.2. The van der Waals surface area contributed by atoms with Crippen LogP contribution in [0.15, 0.2) is 76.5 Å². The van der Waals surface area contributed by atoms with Gasteiger partial charge in [-0.25, -0.2) is 0 Å². The van der Waals surface area contributed by atoms with Crippen LogP contribution in [0.2, 0.25) is 0 Å². The van der Waals surface area contributed by atoms with Gasteiger partial charge in [0.15, 0.2) is 9.79 Å². The Morgan fingerprint density at radius 3 is 1.72 bits per heavy atom. The average Bonchev–Trinajstić information content (AvgIpc) is 2.72. The summed E-state index contributed by atoms with van der Waals surface area (Å²) in [7, 11) is 0. The summed E-state index contributed by atoms with van der Waals surface area (Å²) in [4.78, 5) is 0.582. The van der Waals surface area contributed by atoms with Gasteiger partial charge < -0.3 is 5.11 Å². The molecule has 0 bridgehead atoms. The zero-order valence-corrected chi connectivity index (χ0v) is 17.7. The highest BCUT2D eigenvalue weighted by molar-refractivity contribution is 7.91. The van der Waals surface area contributed by atoms with Crippen molar-refractivity contribution in [1.82, 2.24) is 0 Å². The summed E-state index contributed by atoms with van der Waals surface area (Å²) in [6.45, 7) is 2.83. The van der Waals surface area contributed by atoms with Crippen molar-refractivity contribution in [2.45, 2.75) is 41.6 Å². The molecule has 0 aromatic heterocycles. The summed E-state index contributed by atoms with van der Waals surface area (Å²) >= 11 is -1.63. The molecule has 1 unspecified atom stereocenters. The third-order valence-electron chi connectivity index (χ3n) is 4.99. The standard InChI is InChI=1S/C23H18F6O2S/c1-14-7-9-18(10-8-14)32(31)20-6-4-3-5-19(20)21(2,30)15-11-16(22(24,25)26)13-17(12-15)23(27,28)29/h3-13,31H,1-2H3/t21-,32?/m1/s1. The van der Waals surface area contributed by atoms with Gasteiger partial charge in [0.2, 0.25) is 11.2 Å². The van der Waals surface area contributed by atoms with Crippen molar-refractivity contribution in [3.8, 4) is 0 Å². The molecule has 1 N–H and O–H groups in total. The molecule has 3 aromatic carbocycles. The van der Waals surface area contributed by atoms with Crippen molar-refractivity contribution < 1.29 is 36.0 Å². The molecule has 0 radical (unpaired) electrons. The van der Waals surface area contributed by atoms with E-state index in [2.05, 4.69) is 0 Å². The molecule has 0 amide bonds. The SMILES string of the molecule is Cc1ccc([S+](O)c2ccccc2[C@](C)([O-])c2cc(C(F)(F)F)cc(C(F)(F)F)c2)cc1. The topological polar surface area (TPSA) is 43.3 Å². The highest BCUT2D eigenvalue weighted by Crippen LogP contribution is 2.40. The molecule has 3 rings (SSSR count). The van der Waals surface area contributed by atoms with Crippen molar-refractivity contribution in [1.29, 1.82) is 0 Å². The molecule has 2 atom stereocenters. The molecule has 9 heteroatoms. The van der Waals surface area contributed by atoms with Crippen molar-refractivity contribution in [3.05, 3.63) is 94.5 Å². The summed E-state index contributed by atoms with van der Waals surface area (Å²) in [6.07, 6.45) is -10.1. The number of hydrogen-bond acceptors (Lipinski definition) is 2. The number of rotatable bonds is 4. The molecule has 170 valence electrons. The Kier molecular flexibility index (Phi) is 6.38. The minimum Gasteiger partial charge on any atom is -0.843 e. The van der Waals surface area contributed by atoms with Gasteiger partial charge in [0.25, 0.3) is 0 Å². The molecule has 0 aliphatic rings. The van der Waals surface area contributed by atoms with E-state index >= 15 is 0 Å².